The number of unbranched alkanes of at least 4 members (excludes halogenated alkanes) is 1. The first-order valence-electron chi connectivity index (χ1n) is 15.6. The van der Waals surface area contributed by atoms with Crippen LogP contribution in [0.15, 0.2) is 58.9 Å². The number of nitrogens with zero attached hydrogens (tertiary/aromatic N) is 4. The highest BCUT2D eigenvalue weighted by Crippen LogP contribution is 2.40. The Bertz CT molecular complexity index is 1500. The van der Waals surface area contributed by atoms with Crippen LogP contribution in [0.1, 0.15) is 66.0 Å². The second kappa shape index (κ2) is 16.2. The second-order valence-electron chi connectivity index (χ2n) is 10.3. The predicted octanol–water partition coefficient (Wildman–Crippen LogP) is 6.14. The molecule has 0 bridgehead atoms. The van der Waals surface area contributed by atoms with Crippen LogP contribution in [0.25, 0.3) is 0 Å². The molecule has 0 saturated heterocycles. The Morgan fingerprint density at radius 2 is 1.71 bits per heavy atom. The summed E-state index contributed by atoms with van der Waals surface area (Å²) >= 11 is 1.59. The van der Waals surface area contributed by atoms with Crippen LogP contribution in [0.5, 0.6) is 17.2 Å². The van der Waals surface area contributed by atoms with Crippen molar-refractivity contribution in [2.75, 3.05) is 49.3 Å². The van der Waals surface area contributed by atoms with Gasteiger partial charge in [0.1, 0.15) is 11.8 Å². The summed E-state index contributed by atoms with van der Waals surface area (Å²) < 4.78 is 19.4. The van der Waals surface area contributed by atoms with Gasteiger partial charge in [-0.25, -0.2) is 4.68 Å². The molecule has 12 heteroatoms. The first-order valence-corrected chi connectivity index (χ1v) is 16.6. The lowest BCUT2D eigenvalue weighted by Gasteiger charge is -2.29. The van der Waals surface area contributed by atoms with Gasteiger partial charge in [0.05, 0.1) is 24.5 Å². The van der Waals surface area contributed by atoms with Crippen molar-refractivity contribution in [3.05, 3.63) is 59.3 Å². The minimum atomic E-state index is -0.626. The number of allylic oxidation sites excluding steroid dienone is 1. The maximum absolute atomic E-state index is 14.1. The number of hydrogen-bond donors (Lipinski definition) is 2. The number of anilines is 2. The first kappa shape index (κ1) is 33.7. The third kappa shape index (κ3) is 8.10. The van der Waals surface area contributed by atoms with E-state index in [0.717, 1.165) is 24.2 Å². The van der Waals surface area contributed by atoms with Gasteiger partial charge in [-0.2, -0.15) is 4.98 Å². The Hall–Kier alpha value is -4.19. The summed E-state index contributed by atoms with van der Waals surface area (Å²) in [6.45, 7) is 13.6. The Balaban J connectivity index is 1.74. The number of carbonyl (C=O) groups is 2. The minimum absolute atomic E-state index is 0.102. The summed E-state index contributed by atoms with van der Waals surface area (Å²) in [4.78, 5) is 33.2. The molecule has 1 aliphatic heterocycles. The zero-order chi connectivity index (χ0) is 32.3. The zero-order valence-corrected chi connectivity index (χ0v) is 27.8. The minimum Gasteiger partial charge on any atom is -0.492 e. The molecule has 1 aliphatic rings. The van der Waals surface area contributed by atoms with E-state index in [1.807, 2.05) is 71.0 Å². The van der Waals surface area contributed by atoms with E-state index in [1.54, 1.807) is 27.4 Å². The highest BCUT2D eigenvalue weighted by atomic mass is 32.2. The molecule has 0 aliphatic carbocycles. The van der Waals surface area contributed by atoms with Crippen LogP contribution < -0.4 is 24.8 Å². The maximum Gasteiger partial charge on any atom is 0.260 e. The molecular weight excluding hydrogens is 592 g/mol. The van der Waals surface area contributed by atoms with Crippen LogP contribution in [-0.4, -0.2) is 70.1 Å². The van der Waals surface area contributed by atoms with E-state index in [1.165, 1.54) is 0 Å². The molecule has 2 heterocycles. The number of hydrogen-bond acceptors (Lipinski definition) is 9. The summed E-state index contributed by atoms with van der Waals surface area (Å²) in [5.41, 5.74) is 2.44. The van der Waals surface area contributed by atoms with E-state index in [9.17, 15) is 9.59 Å². The van der Waals surface area contributed by atoms with E-state index in [4.69, 9.17) is 24.3 Å². The number of fused-ring (bicyclic) bond motifs is 1. The highest BCUT2D eigenvalue weighted by Gasteiger charge is 2.35. The molecule has 45 heavy (non-hydrogen) atoms. The summed E-state index contributed by atoms with van der Waals surface area (Å²) in [6.07, 6.45) is 2.12. The van der Waals surface area contributed by atoms with E-state index < -0.39 is 6.04 Å². The average molecular weight is 637 g/mol. The molecule has 1 atom stereocenters. The van der Waals surface area contributed by atoms with Crippen molar-refractivity contribution >= 4 is 35.2 Å². The normalized spacial score (nSPS) is 14.0. The molecule has 1 aromatic heterocycles. The number of ether oxygens (including phenoxy) is 3. The van der Waals surface area contributed by atoms with Crippen LogP contribution in [0.3, 0.4) is 0 Å². The van der Waals surface area contributed by atoms with Gasteiger partial charge in [-0.3, -0.25) is 9.59 Å². The van der Waals surface area contributed by atoms with Gasteiger partial charge in [-0.1, -0.05) is 43.3 Å². The van der Waals surface area contributed by atoms with E-state index in [0.29, 0.717) is 71.6 Å². The predicted molar refractivity (Wildman–Crippen MR) is 177 cm³/mol. The van der Waals surface area contributed by atoms with E-state index in [-0.39, 0.29) is 18.4 Å². The molecule has 0 spiro atoms. The molecule has 242 valence electrons. The standard InChI is InChI=1S/C33H44N6O5S/c1-7-12-19-45-33-36-32-34-22(6)29(31(41)35-24-15-13-14-16-25(24)42-10-4)30(39(32)37-33)23-17-18-26(27(20-23)43-11-5)44-21-28(40)38(8-2)9-3/h13-18,20,30H,7-12,19,21H2,1-6H3,(H,35,41)(H,34,36,37). The molecule has 2 amide bonds. The smallest absolute Gasteiger partial charge is 0.260 e. The third-order valence-electron chi connectivity index (χ3n) is 7.29. The number of carbonyl (C=O) groups excluding carboxylic acids is 2. The summed E-state index contributed by atoms with van der Waals surface area (Å²) in [7, 11) is 0. The average Bonchev–Trinajstić information content (AvgIpc) is 3.43. The van der Waals surface area contributed by atoms with Crippen molar-refractivity contribution in [2.45, 2.75) is 65.6 Å². The lowest BCUT2D eigenvalue weighted by atomic mass is 9.94. The van der Waals surface area contributed by atoms with Gasteiger partial charge in [-0.05, 0) is 70.9 Å². The molecule has 0 fully saturated rings. The Morgan fingerprint density at radius 1 is 0.978 bits per heavy atom. The number of thioether (sulfide) groups is 1. The summed E-state index contributed by atoms with van der Waals surface area (Å²) in [6, 6.07) is 12.2. The van der Waals surface area contributed by atoms with Crippen LogP contribution in [0.4, 0.5) is 11.6 Å². The van der Waals surface area contributed by atoms with Crippen LogP contribution >= 0.6 is 11.8 Å². The lowest BCUT2D eigenvalue weighted by molar-refractivity contribution is -0.133. The Morgan fingerprint density at radius 3 is 2.42 bits per heavy atom. The van der Waals surface area contributed by atoms with Gasteiger partial charge in [0.2, 0.25) is 11.1 Å². The van der Waals surface area contributed by atoms with E-state index >= 15 is 0 Å². The van der Waals surface area contributed by atoms with Crippen molar-refractivity contribution in [3.63, 3.8) is 0 Å². The third-order valence-corrected chi connectivity index (χ3v) is 8.22. The van der Waals surface area contributed by atoms with Crippen LogP contribution in [0, 0.1) is 0 Å². The van der Waals surface area contributed by atoms with Crippen LogP contribution in [0.2, 0.25) is 0 Å². The number of rotatable bonds is 16. The van der Waals surface area contributed by atoms with Crippen LogP contribution in [-0.2, 0) is 9.59 Å². The topological polar surface area (TPSA) is 120 Å². The molecule has 3 aromatic rings. The Kier molecular flexibility index (Phi) is 12.1. The quantitative estimate of drug-likeness (QED) is 0.141. The van der Waals surface area contributed by atoms with E-state index in [2.05, 4.69) is 17.6 Å². The number of likely N-dealkylation sites (N-methyl/N-ethyl adjacent to an activating group) is 1. The molecule has 2 aromatic carbocycles. The van der Waals surface area contributed by atoms with Crippen molar-refractivity contribution in [3.8, 4) is 17.2 Å². The van der Waals surface area contributed by atoms with Crippen molar-refractivity contribution in [1.29, 1.82) is 0 Å². The lowest BCUT2D eigenvalue weighted by Crippen LogP contribution is -2.34. The van der Waals surface area contributed by atoms with Gasteiger partial charge >= 0.3 is 0 Å². The van der Waals surface area contributed by atoms with Gasteiger partial charge in [0.15, 0.2) is 18.1 Å². The van der Waals surface area contributed by atoms with Crippen molar-refractivity contribution in [1.82, 2.24) is 19.7 Å². The summed E-state index contributed by atoms with van der Waals surface area (Å²) in [5.74, 6) is 2.54. The largest absolute Gasteiger partial charge is 0.492 e. The fraction of sp³-hybridized carbons (Fsp3) is 0.455. The van der Waals surface area contributed by atoms with Crippen molar-refractivity contribution in [2.24, 2.45) is 0 Å². The number of amides is 2. The second-order valence-corrected chi connectivity index (χ2v) is 11.4. The van der Waals surface area contributed by atoms with Gasteiger partial charge in [0.25, 0.3) is 11.8 Å². The molecule has 11 nitrogen and oxygen atoms in total. The molecule has 0 saturated carbocycles. The molecule has 2 N–H and O–H groups in total. The number of benzene rings is 2. The van der Waals surface area contributed by atoms with Gasteiger partial charge in [-0.15, -0.1) is 5.10 Å². The molecular formula is C33H44N6O5S. The number of aromatic nitrogens is 3. The molecule has 1 unspecified atom stereocenters. The highest BCUT2D eigenvalue weighted by molar-refractivity contribution is 7.99. The monoisotopic (exact) mass is 636 g/mol. The maximum atomic E-state index is 14.1. The first-order chi connectivity index (χ1) is 21.8. The fourth-order valence-electron chi connectivity index (χ4n) is 5.03. The fourth-order valence-corrected chi connectivity index (χ4v) is 5.95. The molecule has 0 radical (unpaired) electrons. The van der Waals surface area contributed by atoms with Crippen molar-refractivity contribution < 1.29 is 23.8 Å². The van der Waals surface area contributed by atoms with Gasteiger partial charge < -0.3 is 29.7 Å². The van der Waals surface area contributed by atoms with Gasteiger partial charge in [0, 0.05) is 24.5 Å². The number of para-hydroxylation sites is 2. The zero-order valence-electron chi connectivity index (χ0n) is 27.0. The molecule has 4 rings (SSSR count). The summed E-state index contributed by atoms with van der Waals surface area (Å²) in [5, 5.41) is 11.8. The Labute approximate surface area is 269 Å². The number of nitrogens with one attached hydrogen (secondary N) is 2. The SMILES string of the molecule is CCCCSc1nc2n(n1)C(c1ccc(OCC(=O)N(CC)CC)c(OCC)c1)C(C(=O)Nc1ccccc1OCC)=C(C)N2.